The van der Waals surface area contributed by atoms with Crippen molar-refractivity contribution in [1.82, 2.24) is 10.2 Å². The van der Waals surface area contributed by atoms with E-state index in [-0.39, 0.29) is 5.91 Å². The zero-order chi connectivity index (χ0) is 14.8. The lowest BCUT2D eigenvalue weighted by molar-refractivity contribution is -0.125. The van der Waals surface area contributed by atoms with Crippen molar-refractivity contribution in [3.05, 3.63) is 28.2 Å². The lowest BCUT2D eigenvalue weighted by Gasteiger charge is -2.41. The average molecular weight is 353 g/mol. The van der Waals surface area contributed by atoms with Crippen molar-refractivity contribution in [2.24, 2.45) is 5.92 Å². The number of hydrogen-bond donors (Lipinski definition) is 1. The number of carbonyl (C=O) groups is 1. The number of nitrogens with zero attached hydrogens (tertiary/aromatic N) is 1. The topological polar surface area (TPSA) is 41.6 Å². The van der Waals surface area contributed by atoms with Gasteiger partial charge in [0.1, 0.15) is 5.75 Å². The van der Waals surface area contributed by atoms with Crippen molar-refractivity contribution in [2.75, 3.05) is 20.2 Å². The predicted octanol–water partition coefficient (Wildman–Crippen LogP) is 2.56. The van der Waals surface area contributed by atoms with Gasteiger partial charge in [0.2, 0.25) is 5.91 Å². The summed E-state index contributed by atoms with van der Waals surface area (Å²) in [7, 11) is 1.68. The molecule has 2 unspecified atom stereocenters. The summed E-state index contributed by atoms with van der Waals surface area (Å²) in [6.45, 7) is 3.08. The highest BCUT2D eigenvalue weighted by Crippen LogP contribution is 2.29. The summed E-state index contributed by atoms with van der Waals surface area (Å²) in [6, 6.07) is 6.66. The van der Waals surface area contributed by atoms with E-state index in [0.717, 1.165) is 42.7 Å². The third kappa shape index (κ3) is 3.40. The summed E-state index contributed by atoms with van der Waals surface area (Å²) >= 11 is 3.54. The van der Waals surface area contributed by atoms with E-state index < -0.39 is 0 Å². The Kier molecular flexibility index (Phi) is 4.50. The minimum atomic E-state index is 0.226. The van der Waals surface area contributed by atoms with E-state index in [4.69, 9.17) is 4.74 Å². The third-order valence-electron chi connectivity index (χ3n) is 4.53. The van der Waals surface area contributed by atoms with Gasteiger partial charge in [0.05, 0.1) is 11.6 Å². The van der Waals surface area contributed by atoms with Crippen LogP contribution in [0, 0.1) is 5.92 Å². The van der Waals surface area contributed by atoms with E-state index in [1.165, 1.54) is 5.56 Å². The van der Waals surface area contributed by atoms with Crippen LogP contribution in [0.2, 0.25) is 0 Å². The third-order valence-corrected chi connectivity index (χ3v) is 5.15. The van der Waals surface area contributed by atoms with Gasteiger partial charge in [0, 0.05) is 32.1 Å². The van der Waals surface area contributed by atoms with E-state index in [0.29, 0.717) is 18.4 Å². The van der Waals surface area contributed by atoms with E-state index >= 15 is 0 Å². The summed E-state index contributed by atoms with van der Waals surface area (Å²) in [4.78, 5) is 13.9. The quantitative estimate of drug-likeness (QED) is 0.908. The molecule has 0 spiro atoms. The number of likely N-dealkylation sites (tertiary alicyclic amines) is 1. The molecule has 2 fully saturated rings. The second-order valence-corrected chi connectivity index (χ2v) is 6.82. The molecule has 2 saturated heterocycles. The van der Waals surface area contributed by atoms with Crippen LogP contribution in [0.15, 0.2) is 22.7 Å². The Labute approximate surface area is 134 Å². The number of ether oxygens (including phenoxy) is 1. The number of benzene rings is 1. The van der Waals surface area contributed by atoms with E-state index in [1.54, 1.807) is 7.11 Å². The van der Waals surface area contributed by atoms with Crippen LogP contribution in [0.3, 0.4) is 0 Å². The monoisotopic (exact) mass is 352 g/mol. The SMILES string of the molecule is COc1ccc(CN2CCC3NC(=O)CCC3C2)cc1Br. The van der Waals surface area contributed by atoms with Gasteiger partial charge in [-0.15, -0.1) is 0 Å². The van der Waals surface area contributed by atoms with Crippen LogP contribution in [0.4, 0.5) is 0 Å². The van der Waals surface area contributed by atoms with Crippen molar-refractivity contribution >= 4 is 21.8 Å². The molecule has 0 aromatic heterocycles. The molecule has 0 radical (unpaired) electrons. The lowest BCUT2D eigenvalue weighted by Crippen LogP contribution is -2.53. The minimum Gasteiger partial charge on any atom is -0.496 e. The van der Waals surface area contributed by atoms with Gasteiger partial charge in [0.25, 0.3) is 0 Å². The average Bonchev–Trinajstić information content (AvgIpc) is 2.48. The highest BCUT2D eigenvalue weighted by Gasteiger charge is 2.33. The molecule has 2 atom stereocenters. The summed E-state index contributed by atoms with van der Waals surface area (Å²) < 4.78 is 6.27. The molecule has 2 heterocycles. The molecule has 1 N–H and O–H groups in total. The maximum atomic E-state index is 11.4. The van der Waals surface area contributed by atoms with E-state index in [1.807, 2.05) is 6.07 Å². The maximum Gasteiger partial charge on any atom is 0.220 e. The number of rotatable bonds is 3. The van der Waals surface area contributed by atoms with Gasteiger partial charge in [-0.25, -0.2) is 0 Å². The van der Waals surface area contributed by atoms with Crippen LogP contribution in [0.25, 0.3) is 0 Å². The fourth-order valence-corrected chi connectivity index (χ4v) is 3.98. The van der Waals surface area contributed by atoms with Gasteiger partial charge in [0.15, 0.2) is 0 Å². The van der Waals surface area contributed by atoms with Crippen molar-refractivity contribution in [2.45, 2.75) is 31.8 Å². The first-order valence-corrected chi connectivity index (χ1v) is 8.29. The standard InChI is InChI=1S/C16H21BrN2O2/c1-21-15-4-2-11(8-13(15)17)9-19-7-6-14-12(10-19)3-5-16(20)18-14/h2,4,8,12,14H,3,5-7,9-10H2,1H3,(H,18,20). The van der Waals surface area contributed by atoms with Crippen LogP contribution in [-0.2, 0) is 11.3 Å². The first-order chi connectivity index (χ1) is 10.2. The molecule has 114 valence electrons. The fraction of sp³-hybridized carbons (Fsp3) is 0.562. The van der Waals surface area contributed by atoms with Crippen LogP contribution < -0.4 is 10.1 Å². The van der Waals surface area contributed by atoms with Gasteiger partial charge in [-0.3, -0.25) is 9.69 Å². The Bertz CT molecular complexity index is 535. The molecule has 1 aromatic carbocycles. The zero-order valence-corrected chi connectivity index (χ0v) is 13.9. The van der Waals surface area contributed by atoms with Crippen LogP contribution in [0.1, 0.15) is 24.8 Å². The van der Waals surface area contributed by atoms with Crippen LogP contribution in [-0.4, -0.2) is 37.0 Å². The summed E-state index contributed by atoms with van der Waals surface area (Å²) in [6.07, 6.45) is 2.77. The number of halogens is 1. The molecule has 0 aliphatic carbocycles. The number of nitrogens with one attached hydrogen (secondary N) is 1. The second-order valence-electron chi connectivity index (χ2n) is 5.97. The van der Waals surface area contributed by atoms with E-state index in [9.17, 15) is 4.79 Å². The number of hydrogen-bond acceptors (Lipinski definition) is 3. The summed E-state index contributed by atoms with van der Waals surface area (Å²) in [5, 5.41) is 3.14. The number of piperidine rings is 2. The summed E-state index contributed by atoms with van der Waals surface area (Å²) in [5.41, 5.74) is 1.29. The van der Waals surface area contributed by atoms with Crippen molar-refractivity contribution < 1.29 is 9.53 Å². The molecule has 1 aromatic rings. The van der Waals surface area contributed by atoms with Gasteiger partial charge < -0.3 is 10.1 Å². The van der Waals surface area contributed by atoms with E-state index in [2.05, 4.69) is 38.3 Å². The highest BCUT2D eigenvalue weighted by molar-refractivity contribution is 9.10. The lowest BCUT2D eigenvalue weighted by atomic mass is 9.85. The first-order valence-electron chi connectivity index (χ1n) is 7.50. The molecule has 4 nitrogen and oxygen atoms in total. The van der Waals surface area contributed by atoms with Gasteiger partial charge >= 0.3 is 0 Å². The molecule has 3 rings (SSSR count). The Morgan fingerprint density at radius 3 is 3.05 bits per heavy atom. The number of amides is 1. The number of fused-ring (bicyclic) bond motifs is 1. The molecular weight excluding hydrogens is 332 g/mol. The largest absolute Gasteiger partial charge is 0.496 e. The Morgan fingerprint density at radius 2 is 2.29 bits per heavy atom. The molecule has 2 aliphatic heterocycles. The molecule has 5 heteroatoms. The van der Waals surface area contributed by atoms with Crippen molar-refractivity contribution in [3.8, 4) is 5.75 Å². The fourth-order valence-electron chi connectivity index (χ4n) is 3.40. The molecule has 0 saturated carbocycles. The van der Waals surface area contributed by atoms with Crippen LogP contribution >= 0.6 is 15.9 Å². The maximum absolute atomic E-state index is 11.4. The number of methoxy groups -OCH3 is 1. The second kappa shape index (κ2) is 6.36. The zero-order valence-electron chi connectivity index (χ0n) is 12.3. The molecule has 21 heavy (non-hydrogen) atoms. The Balaban J connectivity index is 1.61. The molecule has 0 bridgehead atoms. The Hall–Kier alpha value is -1.07. The van der Waals surface area contributed by atoms with Gasteiger partial charge in [-0.05, 0) is 52.4 Å². The summed E-state index contributed by atoms with van der Waals surface area (Å²) in [5.74, 6) is 1.70. The van der Waals surface area contributed by atoms with Crippen molar-refractivity contribution in [1.29, 1.82) is 0 Å². The Morgan fingerprint density at radius 1 is 1.43 bits per heavy atom. The van der Waals surface area contributed by atoms with Crippen LogP contribution in [0.5, 0.6) is 5.75 Å². The molecular formula is C16H21BrN2O2. The first kappa shape index (κ1) is 14.9. The minimum absolute atomic E-state index is 0.226. The predicted molar refractivity (Wildman–Crippen MR) is 85.2 cm³/mol. The highest BCUT2D eigenvalue weighted by atomic mass is 79.9. The number of carbonyl (C=O) groups excluding carboxylic acids is 1. The molecule has 2 aliphatic rings. The van der Waals surface area contributed by atoms with Gasteiger partial charge in [-0.1, -0.05) is 6.07 Å². The normalized spacial score (nSPS) is 26.1. The van der Waals surface area contributed by atoms with Gasteiger partial charge in [-0.2, -0.15) is 0 Å². The molecule has 1 amide bonds. The smallest absolute Gasteiger partial charge is 0.220 e. The van der Waals surface area contributed by atoms with Crippen molar-refractivity contribution in [3.63, 3.8) is 0 Å².